The second kappa shape index (κ2) is 10.4. The number of methoxy groups -OCH3 is 1. The molecule has 0 aromatic heterocycles. The molecule has 26 heavy (non-hydrogen) atoms. The third kappa shape index (κ3) is 9.63. The SMILES string of the molecule is COCCC(=O)NCc1ccc(NC(=O)CNC(=O)OC(C)(C)C)cc1. The van der Waals surface area contributed by atoms with Crippen molar-refractivity contribution in [1.29, 1.82) is 0 Å². The summed E-state index contributed by atoms with van der Waals surface area (Å²) in [4.78, 5) is 34.8. The third-order valence-electron chi connectivity index (χ3n) is 3.05. The molecule has 8 heteroatoms. The van der Waals surface area contributed by atoms with Crippen LogP contribution in [0.3, 0.4) is 0 Å². The van der Waals surface area contributed by atoms with Gasteiger partial charge in [-0.15, -0.1) is 0 Å². The minimum absolute atomic E-state index is 0.0857. The van der Waals surface area contributed by atoms with Crippen LogP contribution in [0, 0.1) is 0 Å². The molecule has 1 rings (SSSR count). The molecule has 0 unspecified atom stereocenters. The number of carbonyl (C=O) groups excluding carboxylic acids is 3. The first kappa shape index (κ1) is 21.4. The molecule has 0 fully saturated rings. The summed E-state index contributed by atoms with van der Waals surface area (Å²) in [5.41, 5.74) is 0.881. The highest BCUT2D eigenvalue weighted by molar-refractivity contribution is 5.93. The van der Waals surface area contributed by atoms with Gasteiger partial charge in [0.25, 0.3) is 0 Å². The molecule has 0 aliphatic heterocycles. The summed E-state index contributed by atoms with van der Waals surface area (Å²) in [6.07, 6.45) is -0.331. The second-order valence-electron chi connectivity index (χ2n) is 6.62. The molecule has 144 valence electrons. The monoisotopic (exact) mass is 365 g/mol. The highest BCUT2D eigenvalue weighted by Gasteiger charge is 2.16. The Bertz CT molecular complexity index is 608. The Morgan fingerprint density at radius 1 is 1.00 bits per heavy atom. The van der Waals surface area contributed by atoms with Crippen molar-refractivity contribution in [2.45, 2.75) is 39.3 Å². The van der Waals surface area contributed by atoms with Crippen LogP contribution in [-0.4, -0.2) is 43.8 Å². The highest BCUT2D eigenvalue weighted by atomic mass is 16.6. The summed E-state index contributed by atoms with van der Waals surface area (Å²) >= 11 is 0. The van der Waals surface area contributed by atoms with E-state index in [0.717, 1.165) is 5.56 Å². The lowest BCUT2D eigenvalue weighted by Gasteiger charge is -2.19. The zero-order valence-corrected chi connectivity index (χ0v) is 15.7. The van der Waals surface area contributed by atoms with Crippen LogP contribution in [0.2, 0.25) is 0 Å². The second-order valence-corrected chi connectivity index (χ2v) is 6.62. The highest BCUT2D eigenvalue weighted by Crippen LogP contribution is 2.09. The van der Waals surface area contributed by atoms with Gasteiger partial charge in [-0.05, 0) is 38.5 Å². The van der Waals surface area contributed by atoms with E-state index in [1.165, 1.54) is 0 Å². The van der Waals surface area contributed by atoms with Crippen LogP contribution >= 0.6 is 0 Å². The summed E-state index contributed by atoms with van der Waals surface area (Å²) in [5, 5.41) is 7.83. The van der Waals surface area contributed by atoms with E-state index < -0.39 is 11.7 Å². The first-order chi connectivity index (χ1) is 12.2. The minimum atomic E-state index is -0.646. The standard InChI is InChI=1S/C18H27N3O5/c1-18(2,3)26-17(24)20-12-16(23)21-14-7-5-13(6-8-14)11-19-15(22)9-10-25-4/h5-8H,9-12H2,1-4H3,(H,19,22)(H,20,24)(H,21,23). The van der Waals surface area contributed by atoms with Crippen molar-refractivity contribution in [1.82, 2.24) is 10.6 Å². The van der Waals surface area contributed by atoms with Gasteiger partial charge in [-0.2, -0.15) is 0 Å². The predicted molar refractivity (Wildman–Crippen MR) is 97.6 cm³/mol. The van der Waals surface area contributed by atoms with Gasteiger partial charge in [-0.1, -0.05) is 12.1 Å². The van der Waals surface area contributed by atoms with Gasteiger partial charge in [0, 0.05) is 25.8 Å². The Labute approximate surface area is 153 Å². The van der Waals surface area contributed by atoms with Crippen molar-refractivity contribution in [2.75, 3.05) is 25.6 Å². The number of carbonyl (C=O) groups is 3. The Morgan fingerprint density at radius 3 is 2.23 bits per heavy atom. The summed E-state index contributed by atoms with van der Waals surface area (Å²) < 4.78 is 9.89. The molecular weight excluding hydrogens is 338 g/mol. The van der Waals surface area contributed by atoms with E-state index in [0.29, 0.717) is 25.3 Å². The van der Waals surface area contributed by atoms with Crippen LogP contribution in [-0.2, 0) is 25.6 Å². The van der Waals surface area contributed by atoms with E-state index in [1.54, 1.807) is 52.1 Å². The van der Waals surface area contributed by atoms with Gasteiger partial charge >= 0.3 is 6.09 Å². The Hall–Kier alpha value is -2.61. The number of amides is 3. The van der Waals surface area contributed by atoms with Gasteiger partial charge in [-0.25, -0.2) is 4.79 Å². The quantitative estimate of drug-likeness (QED) is 0.651. The molecule has 0 saturated carbocycles. The van der Waals surface area contributed by atoms with Gasteiger partial charge in [0.1, 0.15) is 12.1 Å². The molecule has 1 aromatic carbocycles. The smallest absolute Gasteiger partial charge is 0.408 e. The van der Waals surface area contributed by atoms with Crippen molar-refractivity contribution >= 4 is 23.6 Å². The van der Waals surface area contributed by atoms with Crippen LogP contribution in [0.5, 0.6) is 0 Å². The van der Waals surface area contributed by atoms with Gasteiger partial charge in [0.15, 0.2) is 0 Å². The molecule has 0 radical (unpaired) electrons. The van der Waals surface area contributed by atoms with Gasteiger partial charge in [0.05, 0.1) is 6.61 Å². The molecule has 0 bridgehead atoms. The number of anilines is 1. The van der Waals surface area contributed by atoms with Crippen LogP contribution in [0.25, 0.3) is 0 Å². The lowest BCUT2D eigenvalue weighted by molar-refractivity contribution is -0.122. The maximum atomic E-state index is 11.8. The van der Waals surface area contributed by atoms with E-state index in [1.807, 2.05) is 0 Å². The molecule has 0 aliphatic carbocycles. The Balaban J connectivity index is 2.36. The molecule has 8 nitrogen and oxygen atoms in total. The van der Waals surface area contributed by atoms with E-state index >= 15 is 0 Å². The van der Waals surface area contributed by atoms with Crippen LogP contribution in [0.1, 0.15) is 32.8 Å². The fraction of sp³-hybridized carbons (Fsp3) is 0.500. The number of nitrogens with one attached hydrogen (secondary N) is 3. The van der Waals surface area contributed by atoms with Crippen molar-refractivity contribution in [2.24, 2.45) is 0 Å². The van der Waals surface area contributed by atoms with Crippen LogP contribution < -0.4 is 16.0 Å². The maximum Gasteiger partial charge on any atom is 0.408 e. The summed E-state index contributed by atoms with van der Waals surface area (Å²) in [6.45, 7) is 5.83. The van der Waals surface area contributed by atoms with Crippen LogP contribution in [0.15, 0.2) is 24.3 Å². The zero-order valence-electron chi connectivity index (χ0n) is 15.7. The lowest BCUT2D eigenvalue weighted by Crippen LogP contribution is -2.37. The topological polar surface area (TPSA) is 106 Å². The molecule has 0 saturated heterocycles. The fourth-order valence-corrected chi connectivity index (χ4v) is 1.86. The fourth-order valence-electron chi connectivity index (χ4n) is 1.86. The molecule has 1 aromatic rings. The molecule has 0 aliphatic rings. The van der Waals surface area contributed by atoms with Gasteiger partial charge in [-0.3, -0.25) is 9.59 Å². The summed E-state index contributed by atoms with van der Waals surface area (Å²) in [7, 11) is 1.54. The van der Waals surface area contributed by atoms with Crippen molar-refractivity contribution in [3.05, 3.63) is 29.8 Å². The molecule has 3 amide bonds. The lowest BCUT2D eigenvalue weighted by atomic mass is 10.2. The van der Waals surface area contributed by atoms with Gasteiger partial charge < -0.3 is 25.4 Å². The van der Waals surface area contributed by atoms with E-state index in [2.05, 4.69) is 16.0 Å². The first-order valence-corrected chi connectivity index (χ1v) is 8.31. The van der Waals surface area contributed by atoms with Crippen LogP contribution in [0.4, 0.5) is 10.5 Å². The molecular formula is C18H27N3O5. The Kier molecular flexibility index (Phi) is 8.57. The van der Waals surface area contributed by atoms with Crippen molar-refractivity contribution in [3.8, 4) is 0 Å². The normalized spacial score (nSPS) is 10.8. The largest absolute Gasteiger partial charge is 0.444 e. The first-order valence-electron chi connectivity index (χ1n) is 8.31. The molecule has 3 N–H and O–H groups in total. The Morgan fingerprint density at radius 2 is 1.65 bits per heavy atom. The number of benzene rings is 1. The minimum Gasteiger partial charge on any atom is -0.444 e. The number of ether oxygens (including phenoxy) is 2. The third-order valence-corrected chi connectivity index (χ3v) is 3.05. The van der Waals surface area contributed by atoms with E-state index in [-0.39, 0.29) is 18.4 Å². The molecule has 0 atom stereocenters. The number of rotatable bonds is 8. The number of hydrogen-bond acceptors (Lipinski definition) is 5. The zero-order chi connectivity index (χ0) is 19.6. The summed E-state index contributed by atoms with van der Waals surface area (Å²) in [5.74, 6) is -0.450. The average molecular weight is 365 g/mol. The van der Waals surface area contributed by atoms with E-state index in [9.17, 15) is 14.4 Å². The average Bonchev–Trinajstić information content (AvgIpc) is 2.56. The summed E-state index contributed by atoms with van der Waals surface area (Å²) in [6, 6.07) is 7.05. The molecule has 0 spiro atoms. The predicted octanol–water partition coefficient (Wildman–Crippen LogP) is 1.80. The van der Waals surface area contributed by atoms with Crippen molar-refractivity contribution < 1.29 is 23.9 Å². The molecule has 0 heterocycles. The van der Waals surface area contributed by atoms with Gasteiger partial charge in [0.2, 0.25) is 11.8 Å². The number of alkyl carbamates (subject to hydrolysis) is 1. The van der Waals surface area contributed by atoms with Crippen molar-refractivity contribution in [3.63, 3.8) is 0 Å². The number of hydrogen-bond donors (Lipinski definition) is 3. The van der Waals surface area contributed by atoms with E-state index in [4.69, 9.17) is 9.47 Å². The maximum absolute atomic E-state index is 11.8.